The summed E-state index contributed by atoms with van der Waals surface area (Å²) < 4.78 is 13.4. The Labute approximate surface area is 122 Å². The fourth-order valence-corrected chi connectivity index (χ4v) is 2.29. The second-order valence-corrected chi connectivity index (χ2v) is 5.05. The van der Waals surface area contributed by atoms with Gasteiger partial charge in [0.25, 0.3) is 0 Å². The van der Waals surface area contributed by atoms with Crippen molar-refractivity contribution in [2.75, 3.05) is 0 Å². The van der Waals surface area contributed by atoms with E-state index in [-0.39, 0.29) is 12.2 Å². The molecule has 1 heterocycles. The highest BCUT2D eigenvalue weighted by Crippen LogP contribution is 2.23. The first-order valence-corrected chi connectivity index (χ1v) is 6.71. The zero-order valence-corrected chi connectivity index (χ0v) is 12.3. The lowest BCUT2D eigenvalue weighted by Gasteiger charge is -2.11. The molecule has 0 fully saturated rings. The van der Waals surface area contributed by atoms with E-state index in [0.29, 0.717) is 17.8 Å². The van der Waals surface area contributed by atoms with Gasteiger partial charge in [0.2, 0.25) is 0 Å². The van der Waals surface area contributed by atoms with Crippen LogP contribution in [0.15, 0.2) is 18.2 Å². The predicted molar refractivity (Wildman–Crippen MR) is 77.6 cm³/mol. The lowest BCUT2D eigenvalue weighted by molar-refractivity contribution is -0.136. The molecule has 0 spiro atoms. The Morgan fingerprint density at radius 2 is 1.81 bits per heavy atom. The second-order valence-electron chi connectivity index (χ2n) is 5.05. The molecule has 0 saturated carbocycles. The largest absolute Gasteiger partial charge is 0.481 e. The first-order chi connectivity index (χ1) is 9.88. The van der Waals surface area contributed by atoms with Gasteiger partial charge in [0, 0.05) is 23.4 Å². The number of aryl methyl sites for hydroxylation is 3. The summed E-state index contributed by atoms with van der Waals surface area (Å²) >= 11 is 0. The van der Waals surface area contributed by atoms with E-state index in [1.807, 2.05) is 20.8 Å². The summed E-state index contributed by atoms with van der Waals surface area (Å²) in [7, 11) is 0. The minimum Gasteiger partial charge on any atom is -0.481 e. The van der Waals surface area contributed by atoms with Gasteiger partial charge in [-0.15, -0.1) is 0 Å². The maximum Gasteiger partial charge on any atom is 0.303 e. The fourth-order valence-electron chi connectivity index (χ4n) is 2.29. The number of hydrogen-bond donors (Lipinski definition) is 1. The van der Waals surface area contributed by atoms with Crippen LogP contribution in [-0.4, -0.2) is 21.0 Å². The highest BCUT2D eigenvalue weighted by atomic mass is 19.1. The average Bonchev–Trinajstić information content (AvgIpc) is 2.40. The number of benzene rings is 1. The maximum absolute atomic E-state index is 13.4. The molecule has 21 heavy (non-hydrogen) atoms. The molecule has 1 aromatic heterocycles. The van der Waals surface area contributed by atoms with Crippen LogP contribution < -0.4 is 0 Å². The van der Waals surface area contributed by atoms with E-state index < -0.39 is 5.97 Å². The van der Waals surface area contributed by atoms with Crippen LogP contribution in [0.5, 0.6) is 0 Å². The second kappa shape index (κ2) is 5.99. The molecular weight excluding hydrogens is 271 g/mol. The Bertz CT molecular complexity index is 676. The molecule has 0 bridgehead atoms. The van der Waals surface area contributed by atoms with E-state index in [9.17, 15) is 9.18 Å². The molecule has 0 saturated heterocycles. The van der Waals surface area contributed by atoms with Crippen molar-refractivity contribution in [3.05, 3.63) is 46.5 Å². The van der Waals surface area contributed by atoms with E-state index >= 15 is 0 Å². The molecule has 2 aromatic rings. The zero-order chi connectivity index (χ0) is 15.6. The smallest absolute Gasteiger partial charge is 0.303 e. The predicted octanol–water partition coefficient (Wildman–Crippen LogP) is 3.23. The number of carbonyl (C=O) groups is 1. The molecule has 0 atom stereocenters. The van der Waals surface area contributed by atoms with E-state index in [2.05, 4.69) is 9.97 Å². The summed E-state index contributed by atoms with van der Waals surface area (Å²) in [6.45, 7) is 5.52. The third-order valence-electron chi connectivity index (χ3n) is 3.45. The lowest BCUT2D eigenvalue weighted by atomic mass is 10.0. The van der Waals surface area contributed by atoms with Crippen molar-refractivity contribution in [1.82, 2.24) is 9.97 Å². The van der Waals surface area contributed by atoms with Gasteiger partial charge < -0.3 is 5.11 Å². The lowest BCUT2D eigenvalue weighted by Crippen LogP contribution is -2.06. The number of carboxylic acid groups (broad SMARTS) is 1. The standard InChI is InChI=1S/C16H17FN2O2/c1-9-4-5-12(17)8-14(9)16-18-10(2)13(11(3)19-16)6-7-15(20)21/h4-5,8H,6-7H2,1-3H3,(H,20,21). The first-order valence-electron chi connectivity index (χ1n) is 6.71. The molecule has 2 rings (SSSR count). The molecule has 0 aliphatic rings. The van der Waals surface area contributed by atoms with Gasteiger partial charge in [-0.2, -0.15) is 0 Å². The van der Waals surface area contributed by atoms with Gasteiger partial charge in [-0.1, -0.05) is 6.07 Å². The first kappa shape index (κ1) is 15.1. The Hall–Kier alpha value is -2.30. The van der Waals surface area contributed by atoms with Crippen molar-refractivity contribution in [1.29, 1.82) is 0 Å². The molecule has 1 aromatic carbocycles. The quantitative estimate of drug-likeness (QED) is 0.938. The molecule has 0 unspecified atom stereocenters. The summed E-state index contributed by atoms with van der Waals surface area (Å²) in [5, 5.41) is 8.77. The van der Waals surface area contributed by atoms with Gasteiger partial charge in [0.1, 0.15) is 5.82 Å². The van der Waals surface area contributed by atoms with Crippen molar-refractivity contribution < 1.29 is 14.3 Å². The minimum absolute atomic E-state index is 0.0450. The summed E-state index contributed by atoms with van der Waals surface area (Å²) in [4.78, 5) is 19.5. The van der Waals surface area contributed by atoms with Gasteiger partial charge in [-0.05, 0) is 50.5 Å². The summed E-state index contributed by atoms with van der Waals surface area (Å²) in [6.07, 6.45) is 0.443. The maximum atomic E-state index is 13.4. The molecule has 5 heteroatoms. The van der Waals surface area contributed by atoms with Crippen molar-refractivity contribution in [3.8, 4) is 11.4 Å². The van der Waals surface area contributed by atoms with Crippen LogP contribution in [0, 0.1) is 26.6 Å². The molecule has 1 N–H and O–H groups in total. The minimum atomic E-state index is -0.848. The summed E-state index contributed by atoms with van der Waals surface area (Å²) in [6, 6.07) is 4.51. The number of carboxylic acids is 1. The van der Waals surface area contributed by atoms with E-state index in [4.69, 9.17) is 5.11 Å². The summed E-state index contributed by atoms with van der Waals surface area (Å²) in [5.74, 6) is -0.704. The molecular formula is C16H17FN2O2. The van der Waals surface area contributed by atoms with Crippen molar-refractivity contribution in [2.24, 2.45) is 0 Å². The van der Waals surface area contributed by atoms with E-state index in [0.717, 1.165) is 22.5 Å². The van der Waals surface area contributed by atoms with Crippen LogP contribution in [0.4, 0.5) is 4.39 Å². The average molecular weight is 288 g/mol. The number of nitrogens with zero attached hydrogens (tertiary/aromatic N) is 2. The van der Waals surface area contributed by atoms with Crippen molar-refractivity contribution in [2.45, 2.75) is 33.6 Å². The van der Waals surface area contributed by atoms with Crippen molar-refractivity contribution in [3.63, 3.8) is 0 Å². The Morgan fingerprint density at radius 1 is 1.19 bits per heavy atom. The van der Waals surface area contributed by atoms with Gasteiger partial charge in [0.15, 0.2) is 5.82 Å². The molecule has 110 valence electrons. The molecule has 0 aliphatic carbocycles. The van der Waals surface area contributed by atoms with Crippen LogP contribution >= 0.6 is 0 Å². The molecule has 0 amide bonds. The van der Waals surface area contributed by atoms with Gasteiger partial charge in [-0.3, -0.25) is 4.79 Å². The molecule has 0 radical (unpaired) electrons. The fraction of sp³-hybridized carbons (Fsp3) is 0.312. The highest BCUT2D eigenvalue weighted by Gasteiger charge is 2.13. The highest BCUT2D eigenvalue weighted by molar-refractivity contribution is 5.67. The SMILES string of the molecule is Cc1ccc(F)cc1-c1nc(C)c(CCC(=O)O)c(C)n1. The topological polar surface area (TPSA) is 63.1 Å². The molecule has 0 aliphatic heterocycles. The van der Waals surface area contributed by atoms with Crippen LogP contribution in [-0.2, 0) is 11.2 Å². The third-order valence-corrected chi connectivity index (χ3v) is 3.45. The number of aliphatic carboxylic acids is 1. The van der Waals surface area contributed by atoms with Crippen LogP contribution in [0.25, 0.3) is 11.4 Å². The van der Waals surface area contributed by atoms with Gasteiger partial charge in [0.05, 0.1) is 0 Å². The number of halogens is 1. The number of rotatable bonds is 4. The summed E-state index contributed by atoms with van der Waals surface area (Å²) in [5.41, 5.74) is 3.87. The molecule has 4 nitrogen and oxygen atoms in total. The normalized spacial score (nSPS) is 10.7. The van der Waals surface area contributed by atoms with Gasteiger partial charge >= 0.3 is 5.97 Å². The van der Waals surface area contributed by atoms with Crippen molar-refractivity contribution >= 4 is 5.97 Å². The van der Waals surface area contributed by atoms with E-state index in [1.54, 1.807) is 6.07 Å². The monoisotopic (exact) mass is 288 g/mol. The van der Waals surface area contributed by atoms with Crippen LogP contribution in [0.3, 0.4) is 0 Å². The zero-order valence-electron chi connectivity index (χ0n) is 12.3. The Kier molecular flexibility index (Phi) is 4.31. The number of hydrogen-bond acceptors (Lipinski definition) is 3. The van der Waals surface area contributed by atoms with E-state index in [1.165, 1.54) is 12.1 Å². The Balaban J connectivity index is 2.44. The Morgan fingerprint density at radius 3 is 2.38 bits per heavy atom. The van der Waals surface area contributed by atoms with Crippen LogP contribution in [0.2, 0.25) is 0 Å². The van der Waals surface area contributed by atoms with Gasteiger partial charge in [-0.25, -0.2) is 14.4 Å². The van der Waals surface area contributed by atoms with Crippen LogP contribution in [0.1, 0.15) is 28.9 Å². The third kappa shape index (κ3) is 3.42. The number of aromatic nitrogens is 2.